The highest BCUT2D eigenvalue weighted by atomic mass is 35.5. The molecular formula is C19H16ClN5O4. The molecule has 0 aliphatic rings. The van der Waals surface area contributed by atoms with E-state index >= 15 is 0 Å². The maximum absolute atomic E-state index is 12.0. The van der Waals surface area contributed by atoms with Crippen molar-refractivity contribution in [2.24, 2.45) is 10.7 Å². The number of rotatable bonds is 7. The van der Waals surface area contributed by atoms with E-state index in [0.717, 1.165) is 5.56 Å². The van der Waals surface area contributed by atoms with E-state index in [2.05, 4.69) is 15.2 Å². The van der Waals surface area contributed by atoms with Crippen LogP contribution in [0.4, 0.5) is 11.5 Å². The molecule has 3 rings (SSSR count). The van der Waals surface area contributed by atoms with Crippen molar-refractivity contribution in [3.05, 3.63) is 80.0 Å². The van der Waals surface area contributed by atoms with Gasteiger partial charge in [-0.25, -0.2) is 4.99 Å². The Kier molecular flexibility index (Phi) is 5.89. The van der Waals surface area contributed by atoms with Crippen LogP contribution >= 0.6 is 11.6 Å². The molecule has 9 nitrogen and oxygen atoms in total. The first-order valence-electron chi connectivity index (χ1n) is 8.37. The topological polar surface area (TPSA) is 137 Å². The molecule has 3 N–H and O–H groups in total. The fourth-order valence-corrected chi connectivity index (χ4v) is 2.95. The normalized spacial score (nSPS) is 11.0. The Morgan fingerprint density at radius 1 is 1.38 bits per heavy atom. The Bertz CT molecular complexity index is 1110. The number of nitrogens with zero attached hydrogens (tertiary/aromatic N) is 3. The number of primary amides is 1. The second kappa shape index (κ2) is 8.53. The average molecular weight is 414 g/mol. The molecule has 10 heteroatoms. The molecular weight excluding hydrogens is 398 g/mol. The van der Waals surface area contributed by atoms with Gasteiger partial charge < -0.3 is 10.5 Å². The molecule has 0 radical (unpaired) electrons. The lowest BCUT2D eigenvalue weighted by Gasteiger charge is -2.04. The van der Waals surface area contributed by atoms with Gasteiger partial charge in [0.15, 0.2) is 11.6 Å². The van der Waals surface area contributed by atoms with E-state index in [1.807, 2.05) is 12.1 Å². The summed E-state index contributed by atoms with van der Waals surface area (Å²) in [5, 5.41) is 18.5. The second-order valence-electron chi connectivity index (χ2n) is 5.98. The number of carbonyl (C=O) groups is 1. The number of hydrogen-bond acceptors (Lipinski definition) is 6. The van der Waals surface area contributed by atoms with Gasteiger partial charge >= 0.3 is 5.69 Å². The van der Waals surface area contributed by atoms with Crippen molar-refractivity contribution in [3.63, 3.8) is 0 Å². The largest absolute Gasteiger partial charge is 0.490 e. The minimum atomic E-state index is -0.700. The van der Waals surface area contributed by atoms with E-state index in [9.17, 15) is 14.9 Å². The highest BCUT2D eigenvalue weighted by Crippen LogP contribution is 2.28. The number of ether oxygens (including phenoxy) is 1. The summed E-state index contributed by atoms with van der Waals surface area (Å²) in [6.45, 7) is 0. The predicted molar refractivity (Wildman–Crippen MR) is 108 cm³/mol. The van der Waals surface area contributed by atoms with E-state index in [0.29, 0.717) is 22.7 Å². The van der Waals surface area contributed by atoms with Crippen LogP contribution in [-0.4, -0.2) is 34.4 Å². The zero-order chi connectivity index (χ0) is 21.0. The number of nitrogens with two attached hydrogens (primary N) is 1. The first kappa shape index (κ1) is 20.0. The third-order valence-electron chi connectivity index (χ3n) is 4.13. The SMILES string of the molecule is COc1ccc(C=Nc2n[nH]c(Cc3ccccc3Cl)c2C(N)=O)cc1[N+](=O)[O-]. The van der Waals surface area contributed by atoms with E-state index in [-0.39, 0.29) is 22.8 Å². The van der Waals surface area contributed by atoms with Gasteiger partial charge in [0.25, 0.3) is 5.91 Å². The van der Waals surface area contributed by atoms with Gasteiger partial charge in [0.1, 0.15) is 5.56 Å². The van der Waals surface area contributed by atoms with Gasteiger partial charge in [0.05, 0.1) is 17.7 Å². The van der Waals surface area contributed by atoms with E-state index in [1.54, 1.807) is 18.2 Å². The number of benzene rings is 2. The molecule has 29 heavy (non-hydrogen) atoms. The molecule has 1 aromatic heterocycles. The second-order valence-corrected chi connectivity index (χ2v) is 6.39. The number of aliphatic imine (C=N–C) groups is 1. The summed E-state index contributed by atoms with van der Waals surface area (Å²) in [5.74, 6) is -0.488. The number of hydrogen-bond donors (Lipinski definition) is 2. The van der Waals surface area contributed by atoms with Crippen molar-refractivity contribution in [1.82, 2.24) is 10.2 Å². The van der Waals surface area contributed by atoms with Crippen molar-refractivity contribution < 1.29 is 14.5 Å². The van der Waals surface area contributed by atoms with E-state index in [1.165, 1.54) is 25.5 Å². The van der Waals surface area contributed by atoms with Gasteiger partial charge in [-0.2, -0.15) is 5.10 Å². The number of nitro groups is 1. The number of nitrogens with one attached hydrogen (secondary N) is 1. The van der Waals surface area contributed by atoms with Crippen LogP contribution in [0.5, 0.6) is 5.75 Å². The number of carbonyl (C=O) groups excluding carboxylic acids is 1. The Morgan fingerprint density at radius 3 is 2.79 bits per heavy atom. The van der Waals surface area contributed by atoms with Crippen LogP contribution < -0.4 is 10.5 Å². The Morgan fingerprint density at radius 2 is 2.14 bits per heavy atom. The quantitative estimate of drug-likeness (QED) is 0.347. The maximum atomic E-state index is 12.0. The lowest BCUT2D eigenvalue weighted by atomic mass is 10.1. The molecule has 0 aliphatic carbocycles. The molecule has 0 bridgehead atoms. The van der Waals surface area contributed by atoms with Crippen molar-refractivity contribution in [1.29, 1.82) is 0 Å². The molecule has 3 aromatic rings. The monoisotopic (exact) mass is 413 g/mol. The van der Waals surface area contributed by atoms with Gasteiger partial charge in [-0.15, -0.1) is 0 Å². The summed E-state index contributed by atoms with van der Waals surface area (Å²) in [4.78, 5) is 26.7. The molecule has 2 aromatic carbocycles. The number of H-pyrrole nitrogens is 1. The highest BCUT2D eigenvalue weighted by Gasteiger charge is 2.19. The van der Waals surface area contributed by atoms with Gasteiger partial charge in [-0.05, 0) is 29.3 Å². The standard InChI is InChI=1S/C19H16ClN5O4/c1-29-16-7-6-11(8-15(16)25(27)28)10-22-19-17(18(21)26)14(23-24-19)9-12-4-2-3-5-13(12)20/h2-8,10H,9H2,1H3,(H2,21,26)(H,23,24). The first-order chi connectivity index (χ1) is 13.9. The number of amides is 1. The minimum Gasteiger partial charge on any atom is -0.490 e. The number of nitro benzene ring substituents is 1. The molecule has 0 fully saturated rings. The third-order valence-corrected chi connectivity index (χ3v) is 4.50. The molecule has 0 saturated carbocycles. The van der Waals surface area contributed by atoms with E-state index in [4.69, 9.17) is 22.1 Å². The van der Waals surface area contributed by atoms with Crippen molar-refractivity contribution in [2.75, 3.05) is 7.11 Å². The number of halogens is 1. The molecule has 1 amide bonds. The third kappa shape index (κ3) is 4.41. The summed E-state index contributed by atoms with van der Waals surface area (Å²) in [7, 11) is 1.35. The lowest BCUT2D eigenvalue weighted by Crippen LogP contribution is -2.13. The summed E-state index contributed by atoms with van der Waals surface area (Å²) in [5.41, 5.74) is 7.14. The molecule has 0 saturated heterocycles. The fourth-order valence-electron chi connectivity index (χ4n) is 2.75. The van der Waals surface area contributed by atoms with Crippen molar-refractivity contribution in [2.45, 2.75) is 6.42 Å². The van der Waals surface area contributed by atoms with Gasteiger partial charge in [0.2, 0.25) is 0 Å². The van der Waals surface area contributed by atoms with Crippen LogP contribution in [0.15, 0.2) is 47.5 Å². The smallest absolute Gasteiger partial charge is 0.311 e. The number of aromatic nitrogens is 2. The lowest BCUT2D eigenvalue weighted by molar-refractivity contribution is -0.385. The summed E-state index contributed by atoms with van der Waals surface area (Å²) in [6.07, 6.45) is 1.67. The zero-order valence-electron chi connectivity index (χ0n) is 15.3. The van der Waals surface area contributed by atoms with Crippen LogP contribution in [0.25, 0.3) is 0 Å². The van der Waals surface area contributed by atoms with Crippen LogP contribution in [-0.2, 0) is 6.42 Å². The molecule has 0 atom stereocenters. The van der Waals surface area contributed by atoms with Crippen LogP contribution in [0.3, 0.4) is 0 Å². The predicted octanol–water partition coefficient (Wildman–Crippen LogP) is 3.42. The minimum absolute atomic E-state index is 0.0815. The van der Waals surface area contributed by atoms with Gasteiger partial charge in [-0.3, -0.25) is 20.0 Å². The van der Waals surface area contributed by atoms with Gasteiger partial charge in [0, 0.05) is 23.7 Å². The Labute approximate surface area is 170 Å². The molecule has 0 aliphatic heterocycles. The summed E-state index contributed by atoms with van der Waals surface area (Å²) in [6, 6.07) is 11.6. The maximum Gasteiger partial charge on any atom is 0.311 e. The Hall–Kier alpha value is -3.72. The van der Waals surface area contributed by atoms with Gasteiger partial charge in [-0.1, -0.05) is 29.8 Å². The van der Waals surface area contributed by atoms with Crippen molar-refractivity contribution >= 4 is 35.2 Å². The number of aromatic amines is 1. The zero-order valence-corrected chi connectivity index (χ0v) is 16.0. The van der Waals surface area contributed by atoms with Crippen LogP contribution in [0.1, 0.15) is 27.2 Å². The molecule has 1 heterocycles. The van der Waals surface area contributed by atoms with Crippen LogP contribution in [0, 0.1) is 10.1 Å². The molecule has 148 valence electrons. The summed E-state index contributed by atoms with van der Waals surface area (Å²) < 4.78 is 4.97. The summed E-state index contributed by atoms with van der Waals surface area (Å²) >= 11 is 6.17. The average Bonchev–Trinajstić information content (AvgIpc) is 3.10. The first-order valence-corrected chi connectivity index (χ1v) is 8.75. The molecule has 0 unspecified atom stereocenters. The fraction of sp³-hybridized carbons (Fsp3) is 0.105. The van der Waals surface area contributed by atoms with E-state index < -0.39 is 10.8 Å². The van der Waals surface area contributed by atoms with Crippen LogP contribution in [0.2, 0.25) is 5.02 Å². The Balaban J connectivity index is 1.93. The highest BCUT2D eigenvalue weighted by molar-refractivity contribution is 6.31. The number of methoxy groups -OCH3 is 1. The molecule has 0 spiro atoms. The van der Waals surface area contributed by atoms with Crippen molar-refractivity contribution in [3.8, 4) is 5.75 Å².